The van der Waals surface area contributed by atoms with Crippen LogP contribution in [0.15, 0.2) is 0 Å². The van der Waals surface area contributed by atoms with E-state index < -0.39 is 0 Å². The monoisotopic (exact) mass is 353 g/mol. The van der Waals surface area contributed by atoms with E-state index in [2.05, 4.69) is 5.32 Å². The minimum absolute atomic E-state index is 0. The largest absolute Gasteiger partial charge is 2.00 e. The first-order chi connectivity index (χ1) is 5.56. The van der Waals surface area contributed by atoms with Gasteiger partial charge in [-0.3, -0.25) is 6.29 Å². The van der Waals surface area contributed by atoms with Gasteiger partial charge in [0.15, 0.2) is 0 Å². The van der Waals surface area contributed by atoms with Gasteiger partial charge in [0.25, 0.3) is 0 Å². The fourth-order valence-corrected chi connectivity index (χ4v) is 0.465. The summed E-state index contributed by atoms with van der Waals surface area (Å²) in [6.45, 7) is 3.60. The maximum absolute atomic E-state index is 10.1. The topological polar surface area (TPSA) is 65.3 Å². The summed E-state index contributed by atoms with van der Waals surface area (Å²) in [6.07, 6.45) is 2.41. The first-order valence-electron chi connectivity index (χ1n) is 3.71. The van der Waals surface area contributed by atoms with Crippen molar-refractivity contribution in [2.75, 3.05) is 0 Å². The number of rotatable bonds is 1. The number of nitrogens with zero attached hydrogens (tertiary/aromatic N) is 1. The molecule has 1 aliphatic heterocycles. The summed E-state index contributed by atoms with van der Waals surface area (Å²) in [5.41, 5.74) is 0. The van der Waals surface area contributed by atoms with Gasteiger partial charge in [-0.25, -0.2) is 0 Å². The van der Waals surface area contributed by atoms with Crippen LogP contribution in [-0.4, -0.2) is 18.1 Å². The molecule has 0 aromatic rings. The molecule has 0 unspecified atom stereocenters. The van der Waals surface area contributed by atoms with E-state index >= 15 is 0 Å². The first kappa shape index (κ1) is 15.0. The minimum Gasteiger partial charge on any atom is -0.596 e. The molecule has 13 heavy (non-hydrogen) atoms. The van der Waals surface area contributed by atoms with E-state index in [-0.39, 0.29) is 38.8 Å². The van der Waals surface area contributed by atoms with Crippen LogP contribution >= 0.6 is 0 Å². The molecule has 0 atom stereocenters. The van der Waals surface area contributed by atoms with Gasteiger partial charge in [0.2, 0.25) is 0 Å². The zero-order valence-corrected chi connectivity index (χ0v) is 10.5. The zero-order valence-electron chi connectivity index (χ0n) is 7.57. The quantitative estimate of drug-likeness (QED) is 0.521. The Morgan fingerprint density at radius 3 is 1.62 bits per heavy atom. The maximum atomic E-state index is 10.1. The average Bonchev–Trinajstić information content (AvgIpc) is 2.36. The number of amides is 2. The predicted octanol–water partition coefficient (Wildman–Crippen LogP) is 0.957. The summed E-state index contributed by atoms with van der Waals surface area (Å²) in [6, 6.07) is 0. The Bertz CT molecular complexity index is 178. The molecular formula is C8H11NO3W. The van der Waals surface area contributed by atoms with E-state index in [9.17, 15) is 14.4 Å². The van der Waals surface area contributed by atoms with Gasteiger partial charge in [0.1, 0.15) is 0 Å². The fraction of sp³-hybridized carbons (Fsp3) is 0.625. The molecule has 0 saturated carbocycles. The van der Waals surface area contributed by atoms with Crippen LogP contribution in [0.1, 0.15) is 26.7 Å². The van der Waals surface area contributed by atoms with E-state index in [1.807, 2.05) is 0 Å². The molecule has 1 fully saturated rings. The molecule has 0 bridgehead atoms. The third-order valence-electron chi connectivity index (χ3n) is 1.04. The van der Waals surface area contributed by atoms with Crippen molar-refractivity contribution < 1.29 is 35.4 Å². The standard InChI is InChI=1S/C4H5NO2.C4H7O.W/c6-3-1-2-4(7)5-3;1-4(2)3-5;/h1-2H2,(H,5,6,7);4H,1-2H3;/q;-1;+2/p-1. The predicted molar refractivity (Wildman–Crippen MR) is 43.1 cm³/mol. The van der Waals surface area contributed by atoms with Crippen LogP contribution in [-0.2, 0) is 35.4 Å². The Morgan fingerprint density at radius 1 is 1.23 bits per heavy atom. The number of hydrogen-bond donors (Lipinski definition) is 0. The van der Waals surface area contributed by atoms with E-state index in [0.717, 1.165) is 0 Å². The van der Waals surface area contributed by atoms with Gasteiger partial charge in [-0.05, 0) is 12.8 Å². The zero-order chi connectivity index (χ0) is 9.56. The van der Waals surface area contributed by atoms with Crippen LogP contribution in [0.4, 0.5) is 0 Å². The van der Waals surface area contributed by atoms with Crippen LogP contribution < -0.4 is 0 Å². The van der Waals surface area contributed by atoms with Crippen LogP contribution in [0.2, 0.25) is 0 Å². The van der Waals surface area contributed by atoms with Gasteiger partial charge in [-0.1, -0.05) is 13.8 Å². The second-order valence-corrected chi connectivity index (χ2v) is 2.67. The fourth-order valence-electron chi connectivity index (χ4n) is 0.465. The summed E-state index contributed by atoms with van der Waals surface area (Å²) >= 11 is 0. The Morgan fingerprint density at radius 2 is 1.54 bits per heavy atom. The molecule has 0 radical (unpaired) electrons. The molecule has 1 heterocycles. The smallest absolute Gasteiger partial charge is 0.596 e. The van der Waals surface area contributed by atoms with E-state index in [4.69, 9.17) is 0 Å². The second-order valence-electron chi connectivity index (χ2n) is 2.67. The third kappa shape index (κ3) is 9.41. The molecule has 0 aromatic carbocycles. The van der Waals surface area contributed by atoms with E-state index in [1.54, 1.807) is 20.1 Å². The van der Waals surface area contributed by atoms with Gasteiger partial charge >= 0.3 is 21.1 Å². The molecule has 0 N–H and O–H groups in total. The van der Waals surface area contributed by atoms with E-state index in [0.29, 0.717) is 12.8 Å². The molecule has 72 valence electrons. The van der Waals surface area contributed by atoms with Crippen molar-refractivity contribution >= 4 is 18.1 Å². The summed E-state index contributed by atoms with van der Waals surface area (Å²) < 4.78 is 0. The van der Waals surface area contributed by atoms with Gasteiger partial charge < -0.3 is 19.7 Å². The molecule has 1 aliphatic rings. The van der Waals surface area contributed by atoms with Gasteiger partial charge in [-0.15, -0.1) is 5.92 Å². The van der Waals surface area contributed by atoms with Gasteiger partial charge in [0, 0.05) is 0 Å². The molecule has 2 amide bonds. The first-order valence-corrected chi connectivity index (χ1v) is 3.71. The van der Waals surface area contributed by atoms with Crippen molar-refractivity contribution in [1.29, 1.82) is 0 Å². The summed E-state index contributed by atoms with van der Waals surface area (Å²) in [5.74, 6) is -0.468. The molecule has 1 saturated heterocycles. The van der Waals surface area contributed by atoms with Gasteiger partial charge in [0.05, 0.1) is 11.8 Å². The summed E-state index contributed by atoms with van der Waals surface area (Å²) in [4.78, 5) is 29.5. The molecule has 0 aliphatic carbocycles. The minimum atomic E-state index is -0.273. The van der Waals surface area contributed by atoms with E-state index in [1.165, 1.54) is 0 Å². The van der Waals surface area contributed by atoms with Crippen molar-refractivity contribution in [2.24, 2.45) is 5.92 Å². The number of imide groups is 1. The Labute approximate surface area is 91.7 Å². The molecular weight excluding hydrogens is 342 g/mol. The normalized spacial score (nSPS) is 14.1. The molecule has 5 heteroatoms. The summed E-state index contributed by atoms with van der Waals surface area (Å²) in [7, 11) is 0. The molecule has 1 rings (SSSR count). The Kier molecular flexibility index (Phi) is 9.36. The second kappa shape index (κ2) is 8.11. The van der Waals surface area contributed by atoms with Crippen molar-refractivity contribution in [3.05, 3.63) is 5.32 Å². The maximum Gasteiger partial charge on any atom is 2.00 e. The van der Waals surface area contributed by atoms with Gasteiger partial charge in [-0.2, -0.15) is 0 Å². The molecule has 0 aromatic heterocycles. The van der Waals surface area contributed by atoms with Crippen LogP contribution in [0.5, 0.6) is 0 Å². The van der Waals surface area contributed by atoms with Crippen molar-refractivity contribution in [2.45, 2.75) is 26.7 Å². The molecule has 0 spiro atoms. The summed E-state index contributed by atoms with van der Waals surface area (Å²) in [5, 5.41) is 3.11. The van der Waals surface area contributed by atoms with Crippen LogP contribution in [0.25, 0.3) is 5.32 Å². The van der Waals surface area contributed by atoms with Crippen LogP contribution in [0, 0.1) is 5.92 Å². The third-order valence-corrected chi connectivity index (χ3v) is 1.04. The van der Waals surface area contributed by atoms with Crippen LogP contribution in [0.3, 0.4) is 0 Å². The van der Waals surface area contributed by atoms with Crippen molar-refractivity contribution in [1.82, 2.24) is 0 Å². The van der Waals surface area contributed by atoms with Crippen molar-refractivity contribution in [3.63, 3.8) is 0 Å². The SMILES string of the molecule is CC(C)[C-]=O.O=C1CCC(=O)[N-]1.[W+2]. The Hall–Kier alpha value is -0.502. The number of carbonyl (C=O) groups is 2. The Balaban J connectivity index is 0. The number of hydrogen-bond acceptors (Lipinski definition) is 3. The molecule has 4 nitrogen and oxygen atoms in total. The number of carbonyl (C=O) groups excluding carboxylic acids is 3. The van der Waals surface area contributed by atoms with Crippen molar-refractivity contribution in [3.8, 4) is 0 Å². The average molecular weight is 353 g/mol.